The van der Waals surface area contributed by atoms with Gasteiger partial charge in [-0.1, -0.05) is 23.2 Å². The first kappa shape index (κ1) is 19.8. The molecule has 1 aromatic carbocycles. The Morgan fingerprint density at radius 2 is 1.96 bits per heavy atom. The molecule has 2 aromatic rings. The van der Waals surface area contributed by atoms with Crippen LogP contribution in [0.1, 0.15) is 29.1 Å². The minimum absolute atomic E-state index is 0.226. The molecule has 0 aliphatic heterocycles. The number of ether oxygens (including phenoxy) is 1. The van der Waals surface area contributed by atoms with Crippen LogP contribution in [0.5, 0.6) is 0 Å². The number of halogens is 2. The van der Waals surface area contributed by atoms with E-state index in [2.05, 4.69) is 10.6 Å². The van der Waals surface area contributed by atoms with Crippen molar-refractivity contribution in [2.24, 2.45) is 0 Å². The molecular weight excluding hydrogens is 383 g/mol. The van der Waals surface area contributed by atoms with Crippen LogP contribution >= 0.6 is 23.2 Å². The molecule has 2 N–H and O–H groups in total. The topological polar surface area (TPSA) is 97.6 Å². The summed E-state index contributed by atoms with van der Waals surface area (Å²) in [6, 6.07) is 7.39. The van der Waals surface area contributed by atoms with Gasteiger partial charge >= 0.3 is 5.97 Å². The van der Waals surface area contributed by atoms with E-state index in [0.29, 0.717) is 10.8 Å². The van der Waals surface area contributed by atoms with E-state index in [1.54, 1.807) is 19.1 Å². The second-order valence-electron chi connectivity index (χ2n) is 5.28. The summed E-state index contributed by atoms with van der Waals surface area (Å²) in [4.78, 5) is 35.3. The number of rotatable bonds is 7. The maximum Gasteiger partial charge on any atom is 0.325 e. The van der Waals surface area contributed by atoms with Crippen LogP contribution in [0.25, 0.3) is 0 Å². The summed E-state index contributed by atoms with van der Waals surface area (Å²) in [6.45, 7) is 0.878. The first-order valence-corrected chi connectivity index (χ1v) is 8.34. The number of hydrogen-bond donors (Lipinski definition) is 2. The van der Waals surface area contributed by atoms with Crippen molar-refractivity contribution in [3.63, 3.8) is 0 Å². The lowest BCUT2D eigenvalue weighted by molar-refractivity contribution is -0.147. The normalized spacial score (nSPS) is 11.5. The van der Waals surface area contributed by atoms with Gasteiger partial charge < -0.3 is 19.8 Å². The summed E-state index contributed by atoms with van der Waals surface area (Å²) in [7, 11) is 0. The van der Waals surface area contributed by atoms with Crippen molar-refractivity contribution in [2.45, 2.75) is 13.0 Å². The maximum atomic E-state index is 11.9. The van der Waals surface area contributed by atoms with Crippen molar-refractivity contribution in [1.82, 2.24) is 10.6 Å². The average molecular weight is 399 g/mol. The molecule has 0 saturated heterocycles. The zero-order valence-electron chi connectivity index (χ0n) is 13.8. The lowest BCUT2D eigenvalue weighted by atomic mass is 10.2. The fourth-order valence-electron chi connectivity index (χ4n) is 1.98. The van der Waals surface area contributed by atoms with Crippen LogP contribution < -0.4 is 10.6 Å². The molecule has 7 nitrogen and oxygen atoms in total. The van der Waals surface area contributed by atoms with E-state index in [9.17, 15) is 14.4 Å². The van der Waals surface area contributed by atoms with Crippen molar-refractivity contribution in [1.29, 1.82) is 0 Å². The van der Waals surface area contributed by atoms with Crippen LogP contribution in [0.15, 0.2) is 41.0 Å². The third-order valence-corrected chi connectivity index (χ3v) is 4.03. The van der Waals surface area contributed by atoms with Crippen molar-refractivity contribution in [3.8, 4) is 0 Å². The van der Waals surface area contributed by atoms with Gasteiger partial charge in [0.25, 0.3) is 11.8 Å². The first-order valence-electron chi connectivity index (χ1n) is 7.58. The highest BCUT2D eigenvalue weighted by Crippen LogP contribution is 2.22. The predicted molar refractivity (Wildman–Crippen MR) is 95.0 cm³/mol. The largest absolute Gasteiger partial charge is 0.467 e. The van der Waals surface area contributed by atoms with Crippen molar-refractivity contribution >= 4 is 41.0 Å². The SMILES string of the molecule is C[C@@H](NC(=O)COC(=O)CNC(=O)c1ccc(Cl)c(Cl)c1)c1ccco1. The van der Waals surface area contributed by atoms with Crippen molar-refractivity contribution in [2.75, 3.05) is 13.2 Å². The second-order valence-corrected chi connectivity index (χ2v) is 6.09. The first-order chi connectivity index (χ1) is 12.4. The number of carbonyl (C=O) groups excluding carboxylic acids is 3. The summed E-state index contributed by atoms with van der Waals surface area (Å²) >= 11 is 11.6. The Morgan fingerprint density at radius 1 is 1.19 bits per heavy atom. The molecule has 0 aliphatic rings. The van der Waals surface area contributed by atoms with Gasteiger partial charge in [-0.25, -0.2) is 0 Å². The highest BCUT2D eigenvalue weighted by molar-refractivity contribution is 6.42. The van der Waals surface area contributed by atoms with Crippen molar-refractivity contribution < 1.29 is 23.5 Å². The molecule has 1 atom stereocenters. The van der Waals surface area contributed by atoms with Crippen LogP contribution in [0.2, 0.25) is 10.0 Å². The monoisotopic (exact) mass is 398 g/mol. The van der Waals surface area contributed by atoms with Gasteiger partial charge in [0.05, 0.1) is 22.4 Å². The van der Waals surface area contributed by atoms with E-state index in [1.807, 2.05) is 0 Å². The van der Waals surface area contributed by atoms with Gasteiger partial charge in [-0.05, 0) is 37.3 Å². The van der Waals surface area contributed by atoms with E-state index in [1.165, 1.54) is 24.5 Å². The molecule has 0 aliphatic carbocycles. The number of nitrogens with one attached hydrogen (secondary N) is 2. The molecule has 0 unspecified atom stereocenters. The Labute approximate surface area is 159 Å². The fourth-order valence-corrected chi connectivity index (χ4v) is 2.28. The number of amides is 2. The van der Waals surface area contributed by atoms with Crippen LogP contribution in [0.3, 0.4) is 0 Å². The molecule has 0 spiro atoms. The Kier molecular flexibility index (Phi) is 7.06. The predicted octanol–water partition coefficient (Wildman–Crippen LogP) is 2.74. The van der Waals surface area contributed by atoms with Gasteiger partial charge in [-0.2, -0.15) is 0 Å². The van der Waals surface area contributed by atoms with Gasteiger partial charge in [0, 0.05) is 5.56 Å². The highest BCUT2D eigenvalue weighted by atomic mass is 35.5. The summed E-state index contributed by atoms with van der Waals surface area (Å²) in [5.74, 6) is -1.17. The molecule has 9 heteroatoms. The third-order valence-electron chi connectivity index (χ3n) is 3.29. The van der Waals surface area contributed by atoms with E-state index in [4.69, 9.17) is 32.4 Å². The third kappa shape index (κ3) is 5.79. The Bertz CT molecular complexity index is 792. The Hall–Kier alpha value is -2.51. The number of benzene rings is 1. The number of esters is 1. The summed E-state index contributed by atoms with van der Waals surface area (Å²) in [6.07, 6.45) is 1.49. The zero-order valence-corrected chi connectivity index (χ0v) is 15.3. The molecule has 138 valence electrons. The molecule has 0 radical (unpaired) electrons. The lowest BCUT2D eigenvalue weighted by Crippen LogP contribution is -2.34. The minimum atomic E-state index is -0.751. The quantitative estimate of drug-likeness (QED) is 0.698. The summed E-state index contributed by atoms with van der Waals surface area (Å²) in [5, 5.41) is 5.53. The fraction of sp³-hybridized carbons (Fsp3) is 0.235. The molecule has 1 heterocycles. The van der Waals surface area contributed by atoms with E-state index < -0.39 is 24.4 Å². The Morgan fingerprint density at radius 3 is 2.62 bits per heavy atom. The molecule has 0 fully saturated rings. The highest BCUT2D eigenvalue weighted by Gasteiger charge is 2.14. The lowest BCUT2D eigenvalue weighted by Gasteiger charge is -2.11. The van der Waals surface area contributed by atoms with Gasteiger partial charge in [0.15, 0.2) is 6.61 Å². The standard InChI is InChI=1S/C17H16Cl2N2O5/c1-10(14-3-2-6-25-14)21-15(22)9-26-16(23)8-20-17(24)11-4-5-12(18)13(19)7-11/h2-7,10H,8-9H2,1H3,(H,20,24)(H,21,22)/t10-/m1/s1. The second kappa shape index (κ2) is 9.26. The maximum absolute atomic E-state index is 11.9. The average Bonchev–Trinajstić information content (AvgIpc) is 3.15. The molecule has 26 heavy (non-hydrogen) atoms. The van der Waals surface area contributed by atoms with Crippen molar-refractivity contribution in [3.05, 3.63) is 58.0 Å². The summed E-state index contributed by atoms with van der Waals surface area (Å²) < 4.78 is 9.96. The van der Waals surface area contributed by atoms with Gasteiger partial charge in [-0.15, -0.1) is 0 Å². The minimum Gasteiger partial charge on any atom is -0.467 e. The number of furan rings is 1. The van der Waals surface area contributed by atoms with Gasteiger partial charge in [0.2, 0.25) is 0 Å². The van der Waals surface area contributed by atoms with Crippen LogP contribution in [0.4, 0.5) is 0 Å². The van der Waals surface area contributed by atoms with E-state index >= 15 is 0 Å². The van der Waals surface area contributed by atoms with Gasteiger partial charge in [0.1, 0.15) is 12.3 Å². The molecule has 2 amide bonds. The van der Waals surface area contributed by atoms with Crippen LogP contribution in [-0.4, -0.2) is 30.9 Å². The summed E-state index contributed by atoms with van der Waals surface area (Å²) in [5.41, 5.74) is 0.247. The Balaban J connectivity index is 1.72. The molecule has 0 bridgehead atoms. The molecule has 2 rings (SSSR count). The zero-order chi connectivity index (χ0) is 19.1. The number of hydrogen-bond acceptors (Lipinski definition) is 5. The van der Waals surface area contributed by atoms with E-state index in [0.717, 1.165) is 0 Å². The van der Waals surface area contributed by atoms with Crippen LogP contribution in [-0.2, 0) is 14.3 Å². The van der Waals surface area contributed by atoms with E-state index in [-0.39, 0.29) is 23.2 Å². The molecular formula is C17H16Cl2N2O5. The molecule has 1 aromatic heterocycles. The number of carbonyl (C=O) groups is 3. The smallest absolute Gasteiger partial charge is 0.325 e. The molecule has 0 saturated carbocycles. The van der Waals surface area contributed by atoms with Gasteiger partial charge in [-0.3, -0.25) is 14.4 Å². The van der Waals surface area contributed by atoms with Crippen LogP contribution in [0, 0.1) is 0 Å².